The molecule has 1 N–H and O–H groups in total. The van der Waals surface area contributed by atoms with Gasteiger partial charge in [-0.15, -0.1) is 0 Å². The maximum Gasteiger partial charge on any atom is 0.260 e. The van der Waals surface area contributed by atoms with Gasteiger partial charge in [-0.25, -0.2) is 8.78 Å². The molecule has 0 unspecified atom stereocenters. The van der Waals surface area contributed by atoms with Gasteiger partial charge in [0.2, 0.25) is 5.91 Å². The van der Waals surface area contributed by atoms with E-state index in [-0.39, 0.29) is 17.7 Å². The van der Waals surface area contributed by atoms with Crippen molar-refractivity contribution in [1.29, 1.82) is 0 Å². The third-order valence-corrected chi connectivity index (χ3v) is 9.00. The molecule has 5 rings (SSSR count). The van der Waals surface area contributed by atoms with Crippen LogP contribution in [0.3, 0.4) is 0 Å². The molecule has 4 aliphatic rings. The predicted octanol–water partition coefficient (Wildman–Crippen LogP) is 5.30. The highest BCUT2D eigenvalue weighted by molar-refractivity contribution is 5.76. The third kappa shape index (κ3) is 4.09. The Morgan fingerprint density at radius 3 is 2.82 bits per heavy atom. The second kappa shape index (κ2) is 9.01. The fraction of sp³-hybridized carbons (Fsp3) is 0.667. The van der Waals surface area contributed by atoms with Gasteiger partial charge in [0, 0.05) is 19.5 Å². The van der Waals surface area contributed by atoms with Crippen LogP contribution in [-0.4, -0.2) is 48.6 Å². The zero-order valence-electron chi connectivity index (χ0n) is 19.4. The number of amides is 1. The number of benzene rings is 1. The Bertz CT molecular complexity index is 926. The highest BCUT2D eigenvalue weighted by Gasteiger charge is 2.56. The standard InChI is InChI=1S/C27H35F2NO3/c1-27-10-9-21-20-8-6-19(31)15-17(20)5-7-22(21)25(27)18(16-23(27)26(28)29)3-2-4-24(32)30-11-13-33-14-12-30/h6,8,15-16,18,21-22,25-26,31H,2-5,7,9-14H2,1H3/t18-,21-,22-,25+,27-/m1/s1. The van der Waals surface area contributed by atoms with Crippen molar-refractivity contribution in [3.63, 3.8) is 0 Å². The molecule has 0 spiro atoms. The normalized spacial score (nSPS) is 33.3. The molecule has 1 aromatic carbocycles. The maximum atomic E-state index is 14.2. The van der Waals surface area contributed by atoms with E-state index in [2.05, 4.69) is 13.0 Å². The molecule has 1 saturated heterocycles. The van der Waals surface area contributed by atoms with E-state index in [1.165, 1.54) is 11.1 Å². The Labute approximate surface area is 195 Å². The smallest absolute Gasteiger partial charge is 0.260 e. The number of nitrogens with zero attached hydrogens (tertiary/aromatic N) is 1. The number of aryl methyl sites for hydroxylation is 1. The first-order valence-corrected chi connectivity index (χ1v) is 12.6. The van der Waals surface area contributed by atoms with Crippen LogP contribution < -0.4 is 0 Å². The summed E-state index contributed by atoms with van der Waals surface area (Å²) in [6, 6.07) is 5.70. The molecule has 0 bridgehead atoms. The van der Waals surface area contributed by atoms with Crippen molar-refractivity contribution in [2.75, 3.05) is 26.3 Å². The van der Waals surface area contributed by atoms with E-state index in [4.69, 9.17) is 4.74 Å². The second-order valence-electron chi connectivity index (χ2n) is 10.6. The molecule has 6 heteroatoms. The topological polar surface area (TPSA) is 49.8 Å². The molecular formula is C27H35F2NO3. The number of halogens is 2. The molecule has 5 atom stereocenters. The van der Waals surface area contributed by atoms with E-state index < -0.39 is 11.8 Å². The van der Waals surface area contributed by atoms with Crippen LogP contribution in [0.5, 0.6) is 5.75 Å². The van der Waals surface area contributed by atoms with Crippen molar-refractivity contribution in [2.45, 2.75) is 64.2 Å². The summed E-state index contributed by atoms with van der Waals surface area (Å²) in [6.45, 7) is 4.56. The maximum absolute atomic E-state index is 14.2. The molecule has 0 radical (unpaired) electrons. The molecule has 1 amide bonds. The lowest BCUT2D eigenvalue weighted by molar-refractivity contribution is -0.135. The van der Waals surface area contributed by atoms with Crippen molar-refractivity contribution in [3.05, 3.63) is 41.0 Å². The van der Waals surface area contributed by atoms with Crippen LogP contribution in [0.15, 0.2) is 29.8 Å². The van der Waals surface area contributed by atoms with Crippen molar-refractivity contribution < 1.29 is 23.4 Å². The van der Waals surface area contributed by atoms with Crippen molar-refractivity contribution in [1.82, 2.24) is 4.90 Å². The summed E-state index contributed by atoms with van der Waals surface area (Å²) in [7, 11) is 0. The fourth-order valence-electron chi connectivity index (χ4n) is 7.51. The van der Waals surface area contributed by atoms with Crippen LogP contribution in [-0.2, 0) is 16.0 Å². The summed E-state index contributed by atoms with van der Waals surface area (Å²) < 4.78 is 33.7. The van der Waals surface area contributed by atoms with Crippen LogP contribution in [0, 0.1) is 23.2 Å². The van der Waals surface area contributed by atoms with Gasteiger partial charge < -0.3 is 14.7 Å². The molecule has 4 nitrogen and oxygen atoms in total. The van der Waals surface area contributed by atoms with Crippen LogP contribution >= 0.6 is 0 Å². The van der Waals surface area contributed by atoms with E-state index in [0.29, 0.717) is 55.9 Å². The van der Waals surface area contributed by atoms with E-state index in [1.54, 1.807) is 6.07 Å². The van der Waals surface area contributed by atoms with Gasteiger partial charge in [-0.05, 0) is 96.4 Å². The first-order valence-electron chi connectivity index (χ1n) is 12.6. The molecule has 1 heterocycles. The Morgan fingerprint density at radius 2 is 2.06 bits per heavy atom. The Morgan fingerprint density at radius 1 is 1.27 bits per heavy atom. The average Bonchev–Trinajstić information content (AvgIpc) is 3.12. The summed E-state index contributed by atoms with van der Waals surface area (Å²) in [5.41, 5.74) is 2.40. The molecule has 33 heavy (non-hydrogen) atoms. The largest absolute Gasteiger partial charge is 0.508 e. The number of phenolic OH excluding ortho intramolecular Hbond substituents is 1. The van der Waals surface area contributed by atoms with Gasteiger partial charge in [-0.1, -0.05) is 19.1 Å². The predicted molar refractivity (Wildman–Crippen MR) is 122 cm³/mol. The van der Waals surface area contributed by atoms with Gasteiger partial charge in [0.15, 0.2) is 0 Å². The molecule has 1 aliphatic heterocycles. The number of carbonyl (C=O) groups excluding carboxylic acids is 1. The first kappa shape index (κ1) is 22.8. The highest BCUT2D eigenvalue weighted by atomic mass is 19.3. The minimum atomic E-state index is -2.41. The Kier molecular flexibility index (Phi) is 6.23. The molecule has 180 valence electrons. The third-order valence-electron chi connectivity index (χ3n) is 9.00. The number of ether oxygens (including phenoxy) is 1. The van der Waals surface area contributed by atoms with E-state index in [0.717, 1.165) is 38.5 Å². The Balaban J connectivity index is 1.34. The number of rotatable bonds is 5. The zero-order chi connectivity index (χ0) is 23.2. The number of hydrogen-bond donors (Lipinski definition) is 1. The SMILES string of the molecule is C[C@]12CC[C@@H]3c4ccc(O)cc4CC[C@H]3[C@@H]1[C@H](CCCC(=O)N1CCOCC1)C=C2C(F)F. The average molecular weight is 460 g/mol. The molecule has 1 aromatic rings. The summed E-state index contributed by atoms with van der Waals surface area (Å²) in [4.78, 5) is 14.5. The van der Waals surface area contributed by atoms with E-state index in [9.17, 15) is 18.7 Å². The summed E-state index contributed by atoms with van der Waals surface area (Å²) in [5, 5.41) is 9.92. The minimum Gasteiger partial charge on any atom is -0.508 e. The van der Waals surface area contributed by atoms with Crippen LogP contribution in [0.25, 0.3) is 0 Å². The lowest BCUT2D eigenvalue weighted by atomic mass is 9.52. The van der Waals surface area contributed by atoms with Gasteiger partial charge in [0.05, 0.1) is 13.2 Å². The van der Waals surface area contributed by atoms with Gasteiger partial charge in [0.1, 0.15) is 5.75 Å². The van der Waals surface area contributed by atoms with Crippen LogP contribution in [0.4, 0.5) is 8.78 Å². The number of phenols is 1. The van der Waals surface area contributed by atoms with Crippen molar-refractivity contribution in [2.24, 2.45) is 23.2 Å². The first-order chi connectivity index (χ1) is 15.9. The van der Waals surface area contributed by atoms with E-state index in [1.807, 2.05) is 17.0 Å². The number of allylic oxidation sites excluding steroid dienone is 2. The van der Waals surface area contributed by atoms with Gasteiger partial charge >= 0.3 is 0 Å². The molecule has 1 saturated carbocycles. The molecule has 0 aromatic heterocycles. The number of aromatic hydroxyl groups is 1. The van der Waals surface area contributed by atoms with Crippen molar-refractivity contribution in [3.8, 4) is 5.75 Å². The number of carbonyl (C=O) groups is 1. The summed E-state index contributed by atoms with van der Waals surface area (Å²) in [6.07, 6.45) is 5.05. The Hall–Kier alpha value is -1.95. The van der Waals surface area contributed by atoms with Gasteiger partial charge in [-0.2, -0.15) is 0 Å². The fourth-order valence-corrected chi connectivity index (χ4v) is 7.51. The number of fused-ring (bicyclic) bond motifs is 5. The zero-order valence-corrected chi connectivity index (χ0v) is 19.4. The van der Waals surface area contributed by atoms with E-state index >= 15 is 0 Å². The van der Waals surface area contributed by atoms with Crippen LogP contribution in [0.2, 0.25) is 0 Å². The van der Waals surface area contributed by atoms with Crippen molar-refractivity contribution >= 4 is 5.91 Å². The number of alkyl halides is 2. The minimum absolute atomic E-state index is 0.1000. The summed E-state index contributed by atoms with van der Waals surface area (Å²) in [5.74, 6) is 1.50. The monoisotopic (exact) mass is 459 g/mol. The van der Waals surface area contributed by atoms with Gasteiger partial charge in [0.25, 0.3) is 6.43 Å². The lowest BCUT2D eigenvalue weighted by Crippen LogP contribution is -2.44. The highest BCUT2D eigenvalue weighted by Crippen LogP contribution is 2.64. The number of morpholine rings is 1. The van der Waals surface area contributed by atoms with Crippen LogP contribution in [0.1, 0.15) is 62.5 Å². The van der Waals surface area contributed by atoms with Gasteiger partial charge in [-0.3, -0.25) is 4.79 Å². The lowest BCUT2D eigenvalue weighted by Gasteiger charge is -2.52. The molecule has 2 fully saturated rings. The number of hydrogen-bond acceptors (Lipinski definition) is 3. The quantitative estimate of drug-likeness (QED) is 0.608. The summed E-state index contributed by atoms with van der Waals surface area (Å²) >= 11 is 0. The molecule has 3 aliphatic carbocycles. The molecular weight excluding hydrogens is 424 g/mol. The second-order valence-corrected chi connectivity index (χ2v) is 10.6.